The van der Waals surface area contributed by atoms with Gasteiger partial charge in [-0.05, 0) is 43.2 Å². The summed E-state index contributed by atoms with van der Waals surface area (Å²) in [6.07, 6.45) is 0.761. The molecule has 2 N–H and O–H groups in total. The van der Waals surface area contributed by atoms with Gasteiger partial charge in [0, 0.05) is 28.7 Å². The third-order valence-electron chi connectivity index (χ3n) is 3.62. The van der Waals surface area contributed by atoms with Gasteiger partial charge in [0.2, 0.25) is 0 Å². The second-order valence-electron chi connectivity index (χ2n) is 5.43. The number of hydrogen-bond acceptors (Lipinski definition) is 4. The first-order valence-corrected chi connectivity index (χ1v) is 8.23. The zero-order chi connectivity index (χ0) is 17.1. The fraction of sp³-hybridized carbons (Fsp3) is 0.167. The third-order valence-corrected chi connectivity index (χ3v) is 4.18. The topological polar surface area (TPSA) is 54.4 Å². The predicted molar refractivity (Wildman–Crippen MR) is 96.9 cm³/mol. The van der Waals surface area contributed by atoms with E-state index in [1.165, 1.54) is 0 Å². The molecule has 0 atom stereocenters. The maximum Gasteiger partial charge on any atom is 0.192 e. The van der Waals surface area contributed by atoms with Crippen LogP contribution in [-0.2, 0) is 6.42 Å². The minimum absolute atomic E-state index is 0.0305. The highest BCUT2D eigenvalue weighted by atomic mass is 35.5. The Hall–Kier alpha value is -2.01. The molecule has 0 saturated carbocycles. The summed E-state index contributed by atoms with van der Waals surface area (Å²) < 4.78 is 0. The number of benzene rings is 2. The van der Waals surface area contributed by atoms with E-state index in [2.05, 4.69) is 10.5 Å². The van der Waals surface area contributed by atoms with Crippen LogP contribution in [0.25, 0.3) is 10.9 Å². The fourth-order valence-electron chi connectivity index (χ4n) is 2.36. The molecule has 24 heavy (non-hydrogen) atoms. The first-order chi connectivity index (χ1) is 11.5. The molecule has 2 aromatic carbocycles. The molecule has 0 bridgehead atoms. The van der Waals surface area contributed by atoms with Gasteiger partial charge in [-0.3, -0.25) is 0 Å². The van der Waals surface area contributed by atoms with Crippen molar-refractivity contribution in [3.63, 3.8) is 0 Å². The summed E-state index contributed by atoms with van der Waals surface area (Å²) in [5.41, 5.74) is 5.19. The summed E-state index contributed by atoms with van der Waals surface area (Å²) in [5.74, 6) is 0.221. The second kappa shape index (κ2) is 7.26. The Balaban J connectivity index is 1.69. The van der Waals surface area contributed by atoms with Crippen LogP contribution in [0.15, 0.2) is 42.5 Å². The van der Waals surface area contributed by atoms with E-state index in [1.54, 1.807) is 6.07 Å². The van der Waals surface area contributed by atoms with Crippen LogP contribution in [0.4, 0.5) is 0 Å². The Morgan fingerprint density at radius 2 is 1.88 bits per heavy atom. The first kappa shape index (κ1) is 16.8. The summed E-state index contributed by atoms with van der Waals surface area (Å²) >= 11 is 12.1. The molecule has 0 radical (unpaired) electrons. The number of aromatic nitrogens is 1. The molecular weight excluding hydrogens is 347 g/mol. The number of nitrogens with one attached hydrogen (secondary N) is 1. The molecule has 124 valence electrons. The lowest BCUT2D eigenvalue weighted by Crippen LogP contribution is -2.21. The van der Waals surface area contributed by atoms with E-state index in [1.807, 2.05) is 43.3 Å². The molecular formula is C18H16Cl2N2O2. The lowest BCUT2D eigenvalue weighted by atomic mass is 10.1. The number of nitrogens with zero attached hydrogens (tertiary/aromatic N) is 1. The molecule has 0 saturated heterocycles. The highest BCUT2D eigenvalue weighted by molar-refractivity contribution is 6.35. The van der Waals surface area contributed by atoms with Crippen LogP contribution in [0.5, 0.6) is 11.5 Å². The van der Waals surface area contributed by atoms with E-state index in [0.29, 0.717) is 27.5 Å². The first-order valence-electron chi connectivity index (χ1n) is 7.47. The van der Waals surface area contributed by atoms with Crippen molar-refractivity contribution in [1.82, 2.24) is 10.5 Å². The van der Waals surface area contributed by atoms with Gasteiger partial charge in [0.05, 0.1) is 5.02 Å². The summed E-state index contributed by atoms with van der Waals surface area (Å²) in [5, 5.41) is 12.2. The normalized spacial score (nSPS) is 11.0. The quantitative estimate of drug-likeness (QED) is 0.510. The number of aryl methyl sites for hydroxylation is 1. The molecule has 3 rings (SSSR count). The van der Waals surface area contributed by atoms with Gasteiger partial charge in [-0.25, -0.2) is 4.98 Å². The standard InChI is InChI=1S/C18H16Cl2N2O2/c1-11-2-7-14-15(20)10-16(18(23)17(14)22-11)24-21-9-8-12-3-5-13(19)6-4-12/h2-7,10,21,23H,8-9H2,1H3. The number of aromatic hydroxyl groups is 1. The summed E-state index contributed by atoms with van der Waals surface area (Å²) in [4.78, 5) is 9.79. The average molecular weight is 363 g/mol. The Morgan fingerprint density at radius 3 is 2.62 bits per heavy atom. The molecule has 0 fully saturated rings. The second-order valence-corrected chi connectivity index (χ2v) is 6.27. The summed E-state index contributed by atoms with van der Waals surface area (Å²) in [6.45, 7) is 2.42. The number of hydrogen-bond donors (Lipinski definition) is 2. The average Bonchev–Trinajstić information content (AvgIpc) is 2.57. The Kier molecular flexibility index (Phi) is 5.09. The van der Waals surface area contributed by atoms with Crippen LogP contribution in [0.1, 0.15) is 11.3 Å². The molecule has 0 aliphatic rings. The van der Waals surface area contributed by atoms with Crippen molar-refractivity contribution in [3.05, 3.63) is 63.8 Å². The van der Waals surface area contributed by atoms with Crippen molar-refractivity contribution in [2.45, 2.75) is 13.3 Å². The molecule has 1 heterocycles. The van der Waals surface area contributed by atoms with Crippen LogP contribution in [0, 0.1) is 6.92 Å². The van der Waals surface area contributed by atoms with Crippen molar-refractivity contribution >= 4 is 34.1 Å². The molecule has 0 aliphatic carbocycles. The maximum absolute atomic E-state index is 10.3. The van der Waals surface area contributed by atoms with E-state index in [-0.39, 0.29) is 11.5 Å². The van der Waals surface area contributed by atoms with Crippen LogP contribution in [0.2, 0.25) is 10.0 Å². The lowest BCUT2D eigenvalue weighted by Gasteiger charge is -2.11. The molecule has 1 aromatic heterocycles. The van der Waals surface area contributed by atoms with E-state index in [9.17, 15) is 5.11 Å². The Labute approximate surface area is 150 Å². The van der Waals surface area contributed by atoms with Crippen molar-refractivity contribution in [3.8, 4) is 11.5 Å². The van der Waals surface area contributed by atoms with Crippen LogP contribution < -0.4 is 10.3 Å². The maximum atomic E-state index is 10.3. The van der Waals surface area contributed by atoms with Crippen LogP contribution >= 0.6 is 23.2 Å². The largest absolute Gasteiger partial charge is 0.503 e. The van der Waals surface area contributed by atoms with Crippen molar-refractivity contribution < 1.29 is 9.94 Å². The predicted octanol–water partition coefficient (Wildman–Crippen LogP) is 4.68. The van der Waals surface area contributed by atoms with E-state index >= 15 is 0 Å². The Bertz CT molecular complexity index is 867. The van der Waals surface area contributed by atoms with Gasteiger partial charge in [-0.2, -0.15) is 5.48 Å². The zero-order valence-corrected chi connectivity index (χ0v) is 14.5. The van der Waals surface area contributed by atoms with Gasteiger partial charge < -0.3 is 9.94 Å². The van der Waals surface area contributed by atoms with Gasteiger partial charge in [0.1, 0.15) is 5.52 Å². The zero-order valence-electron chi connectivity index (χ0n) is 13.0. The number of fused-ring (bicyclic) bond motifs is 1. The molecule has 4 nitrogen and oxygen atoms in total. The van der Waals surface area contributed by atoms with Crippen LogP contribution in [0.3, 0.4) is 0 Å². The number of phenolic OH excluding ortho intramolecular Hbond substituents is 1. The summed E-state index contributed by atoms with van der Waals surface area (Å²) in [6, 6.07) is 12.9. The highest BCUT2D eigenvalue weighted by Crippen LogP contribution is 2.37. The number of phenols is 1. The SMILES string of the molecule is Cc1ccc2c(Cl)cc(ONCCc3ccc(Cl)cc3)c(O)c2n1. The molecule has 6 heteroatoms. The number of rotatable bonds is 5. The van der Waals surface area contributed by atoms with Gasteiger partial charge in [-0.15, -0.1) is 0 Å². The van der Waals surface area contributed by atoms with Gasteiger partial charge >= 0.3 is 0 Å². The third kappa shape index (κ3) is 3.73. The van der Waals surface area contributed by atoms with E-state index in [0.717, 1.165) is 17.7 Å². The Morgan fingerprint density at radius 1 is 1.12 bits per heavy atom. The van der Waals surface area contributed by atoms with E-state index < -0.39 is 0 Å². The van der Waals surface area contributed by atoms with Gasteiger partial charge in [0.25, 0.3) is 0 Å². The monoisotopic (exact) mass is 362 g/mol. The lowest BCUT2D eigenvalue weighted by molar-refractivity contribution is 0.190. The van der Waals surface area contributed by atoms with Crippen molar-refractivity contribution in [2.24, 2.45) is 0 Å². The van der Waals surface area contributed by atoms with Crippen LogP contribution in [-0.4, -0.2) is 16.6 Å². The van der Waals surface area contributed by atoms with Crippen molar-refractivity contribution in [2.75, 3.05) is 6.54 Å². The van der Waals surface area contributed by atoms with Gasteiger partial charge in [-0.1, -0.05) is 35.3 Å². The van der Waals surface area contributed by atoms with Crippen molar-refractivity contribution in [1.29, 1.82) is 0 Å². The minimum Gasteiger partial charge on any atom is -0.503 e. The molecule has 0 spiro atoms. The van der Waals surface area contributed by atoms with Gasteiger partial charge in [0.15, 0.2) is 11.5 Å². The number of halogens is 2. The minimum atomic E-state index is -0.0305. The molecule has 0 amide bonds. The fourth-order valence-corrected chi connectivity index (χ4v) is 2.74. The number of hydroxylamine groups is 1. The number of pyridine rings is 1. The highest BCUT2D eigenvalue weighted by Gasteiger charge is 2.13. The molecule has 0 unspecified atom stereocenters. The van der Waals surface area contributed by atoms with E-state index in [4.69, 9.17) is 28.0 Å². The molecule has 3 aromatic rings. The summed E-state index contributed by atoms with van der Waals surface area (Å²) in [7, 11) is 0. The smallest absolute Gasteiger partial charge is 0.192 e. The molecule has 0 aliphatic heterocycles.